The molecule has 0 unspecified atom stereocenters. The second-order valence-electron chi connectivity index (χ2n) is 2.20. The number of benzene rings is 1. The number of hydrogen-bond donors (Lipinski definition) is 0. The van der Waals surface area contributed by atoms with Crippen LogP contribution in [0, 0.1) is 11.6 Å². The van der Waals surface area contributed by atoms with Gasteiger partial charge in [-0.1, -0.05) is 28.4 Å². The van der Waals surface area contributed by atoms with Crippen molar-refractivity contribution in [1.82, 2.24) is 0 Å². The molecule has 13 heavy (non-hydrogen) atoms. The van der Waals surface area contributed by atoms with Crippen molar-refractivity contribution < 1.29 is 4.74 Å². The number of methoxy groups -OCH3 is 1. The van der Waals surface area contributed by atoms with Gasteiger partial charge < -0.3 is 4.74 Å². The Bertz CT molecular complexity index is 324. The van der Waals surface area contributed by atoms with E-state index in [0.29, 0.717) is 0 Å². The standard InChI is InChI=1S/C9H7Cl2OP/c1-12-9-4-2-8(3-5-9)6-7-13(10)11/h2-5H,1H3. The van der Waals surface area contributed by atoms with Crippen molar-refractivity contribution in [3.8, 4) is 17.3 Å². The van der Waals surface area contributed by atoms with E-state index in [1.165, 1.54) is 0 Å². The molecule has 0 aromatic heterocycles. The van der Waals surface area contributed by atoms with Crippen LogP contribution in [0.5, 0.6) is 5.75 Å². The Kier molecular flexibility index (Phi) is 4.39. The lowest BCUT2D eigenvalue weighted by Gasteiger charge is -1.97. The van der Waals surface area contributed by atoms with E-state index in [4.69, 9.17) is 27.2 Å². The molecule has 1 rings (SSSR count). The van der Waals surface area contributed by atoms with E-state index < -0.39 is 6.63 Å². The first-order valence-electron chi connectivity index (χ1n) is 3.50. The van der Waals surface area contributed by atoms with Crippen LogP contribution in [0.2, 0.25) is 0 Å². The molecule has 0 amide bonds. The molecule has 0 N–H and O–H groups in total. The van der Waals surface area contributed by atoms with Crippen LogP contribution >= 0.6 is 29.1 Å². The Morgan fingerprint density at radius 2 is 1.85 bits per heavy atom. The number of halogens is 2. The highest BCUT2D eigenvalue weighted by molar-refractivity contribution is 8.07. The van der Waals surface area contributed by atoms with Crippen molar-refractivity contribution in [2.24, 2.45) is 0 Å². The van der Waals surface area contributed by atoms with Crippen LogP contribution in [-0.4, -0.2) is 7.11 Å². The Labute approximate surface area is 88.3 Å². The summed E-state index contributed by atoms with van der Waals surface area (Å²) in [4.78, 5) is 0. The molecule has 0 saturated carbocycles. The van der Waals surface area contributed by atoms with Crippen LogP contribution in [0.4, 0.5) is 0 Å². The highest BCUT2D eigenvalue weighted by Crippen LogP contribution is 2.45. The fourth-order valence-corrected chi connectivity index (χ4v) is 1.25. The third-order valence-corrected chi connectivity index (χ3v) is 2.16. The topological polar surface area (TPSA) is 9.23 Å². The summed E-state index contributed by atoms with van der Waals surface area (Å²) in [5.41, 5.74) is 3.59. The van der Waals surface area contributed by atoms with Crippen LogP contribution in [0.15, 0.2) is 24.3 Å². The number of rotatable bonds is 1. The van der Waals surface area contributed by atoms with Crippen molar-refractivity contribution in [2.45, 2.75) is 0 Å². The molecule has 0 spiro atoms. The molecule has 0 heterocycles. The highest BCUT2D eigenvalue weighted by atomic mass is 35.9. The number of ether oxygens (including phenoxy) is 1. The average molecular weight is 233 g/mol. The molecule has 0 fully saturated rings. The number of hydrogen-bond acceptors (Lipinski definition) is 1. The summed E-state index contributed by atoms with van der Waals surface area (Å²) >= 11 is 11.0. The second kappa shape index (κ2) is 5.35. The summed E-state index contributed by atoms with van der Waals surface area (Å²) in [6.07, 6.45) is 0. The molecule has 0 radical (unpaired) electrons. The van der Waals surface area contributed by atoms with E-state index >= 15 is 0 Å². The van der Waals surface area contributed by atoms with Gasteiger partial charge in [0.25, 0.3) is 0 Å². The first-order chi connectivity index (χ1) is 6.22. The summed E-state index contributed by atoms with van der Waals surface area (Å²) in [5.74, 6) is 3.66. The van der Waals surface area contributed by atoms with Gasteiger partial charge in [0, 0.05) is 5.56 Å². The maximum absolute atomic E-state index is 5.52. The maximum atomic E-state index is 5.52. The van der Waals surface area contributed by atoms with Gasteiger partial charge in [-0.2, -0.15) is 0 Å². The molecule has 0 atom stereocenters. The Hall–Kier alpha value is -0.410. The molecule has 0 aliphatic rings. The average Bonchev–Trinajstić information content (AvgIpc) is 2.15. The molecule has 0 aliphatic carbocycles. The predicted molar refractivity (Wildman–Crippen MR) is 58.5 cm³/mol. The van der Waals surface area contributed by atoms with Gasteiger partial charge in [0.2, 0.25) is 0 Å². The molecule has 0 aliphatic heterocycles. The predicted octanol–water partition coefficient (Wildman–Crippen LogP) is 3.79. The van der Waals surface area contributed by atoms with Crippen LogP contribution in [0.3, 0.4) is 0 Å². The van der Waals surface area contributed by atoms with Crippen molar-refractivity contribution in [3.05, 3.63) is 29.8 Å². The van der Waals surface area contributed by atoms with Gasteiger partial charge in [-0.3, -0.25) is 0 Å². The molecule has 68 valence electrons. The Morgan fingerprint density at radius 1 is 1.23 bits per heavy atom. The van der Waals surface area contributed by atoms with Gasteiger partial charge >= 0.3 is 0 Å². The monoisotopic (exact) mass is 232 g/mol. The lowest BCUT2D eigenvalue weighted by atomic mass is 10.2. The zero-order chi connectivity index (χ0) is 9.68. The Balaban J connectivity index is 2.77. The van der Waals surface area contributed by atoms with Gasteiger partial charge in [-0.15, -0.1) is 0 Å². The van der Waals surface area contributed by atoms with E-state index in [0.717, 1.165) is 11.3 Å². The summed E-state index contributed by atoms with van der Waals surface area (Å²) in [5, 5.41) is 0. The smallest absolute Gasteiger partial charge is 0.162 e. The van der Waals surface area contributed by atoms with E-state index in [-0.39, 0.29) is 0 Å². The summed E-state index contributed by atoms with van der Waals surface area (Å²) < 4.78 is 5.00. The summed E-state index contributed by atoms with van der Waals surface area (Å²) in [6.45, 7) is -1.18. The van der Waals surface area contributed by atoms with Crippen molar-refractivity contribution >= 4 is 29.1 Å². The highest BCUT2D eigenvalue weighted by Gasteiger charge is 1.91. The van der Waals surface area contributed by atoms with Crippen molar-refractivity contribution in [1.29, 1.82) is 0 Å². The normalized spacial score (nSPS) is 9.23. The molecule has 1 aromatic rings. The van der Waals surface area contributed by atoms with E-state index in [1.807, 2.05) is 24.3 Å². The third kappa shape index (κ3) is 3.87. The molecule has 1 nitrogen and oxygen atoms in total. The fraction of sp³-hybridized carbons (Fsp3) is 0.111. The maximum Gasteiger partial charge on any atom is 0.162 e. The largest absolute Gasteiger partial charge is 0.497 e. The Morgan fingerprint density at radius 3 is 2.31 bits per heavy atom. The van der Waals surface area contributed by atoms with Gasteiger partial charge in [-0.25, -0.2) is 0 Å². The fourth-order valence-electron chi connectivity index (χ4n) is 0.781. The minimum atomic E-state index is -1.18. The lowest BCUT2D eigenvalue weighted by Crippen LogP contribution is -1.81. The van der Waals surface area contributed by atoms with Gasteiger partial charge in [0.15, 0.2) is 6.63 Å². The van der Waals surface area contributed by atoms with Crippen LogP contribution < -0.4 is 4.74 Å². The molecule has 4 heteroatoms. The van der Waals surface area contributed by atoms with Gasteiger partial charge in [0.1, 0.15) is 5.75 Å². The van der Waals surface area contributed by atoms with E-state index in [9.17, 15) is 0 Å². The van der Waals surface area contributed by atoms with Crippen molar-refractivity contribution in [2.75, 3.05) is 7.11 Å². The molecule has 0 bridgehead atoms. The first-order valence-corrected chi connectivity index (χ1v) is 6.65. The molecular formula is C9H7Cl2OP. The third-order valence-electron chi connectivity index (χ3n) is 1.37. The zero-order valence-electron chi connectivity index (χ0n) is 6.92. The molecular weight excluding hydrogens is 226 g/mol. The van der Waals surface area contributed by atoms with Gasteiger partial charge in [-0.05, 0) is 29.9 Å². The summed E-state index contributed by atoms with van der Waals surface area (Å²) in [6, 6.07) is 7.40. The quantitative estimate of drug-likeness (QED) is 0.529. The van der Waals surface area contributed by atoms with Crippen LogP contribution in [-0.2, 0) is 0 Å². The summed E-state index contributed by atoms with van der Waals surface area (Å²) in [7, 11) is 1.62. The minimum absolute atomic E-state index is 0.810. The van der Waals surface area contributed by atoms with Crippen LogP contribution in [0.25, 0.3) is 0 Å². The lowest BCUT2D eigenvalue weighted by molar-refractivity contribution is 0.415. The van der Waals surface area contributed by atoms with E-state index in [1.54, 1.807) is 7.11 Å². The molecule has 1 aromatic carbocycles. The second-order valence-corrected chi connectivity index (χ2v) is 5.44. The SMILES string of the molecule is COc1ccc(C#CP(Cl)Cl)cc1. The zero-order valence-corrected chi connectivity index (χ0v) is 9.33. The van der Waals surface area contributed by atoms with Crippen molar-refractivity contribution in [3.63, 3.8) is 0 Å². The molecule has 0 saturated heterocycles. The minimum Gasteiger partial charge on any atom is -0.497 e. The van der Waals surface area contributed by atoms with Gasteiger partial charge in [0.05, 0.1) is 7.11 Å². The van der Waals surface area contributed by atoms with Crippen LogP contribution in [0.1, 0.15) is 5.56 Å². The van der Waals surface area contributed by atoms with E-state index in [2.05, 4.69) is 11.6 Å². The first kappa shape index (κ1) is 10.7.